The number of aryl methyl sites for hydroxylation is 1. The molecule has 0 aliphatic heterocycles. The summed E-state index contributed by atoms with van der Waals surface area (Å²) in [5, 5.41) is 7.49. The summed E-state index contributed by atoms with van der Waals surface area (Å²) in [6.07, 6.45) is 6.44. The normalized spacial score (nSPS) is 15.1. The van der Waals surface area contributed by atoms with Gasteiger partial charge >= 0.3 is 6.01 Å². The van der Waals surface area contributed by atoms with Crippen molar-refractivity contribution in [3.8, 4) is 17.3 Å². The summed E-state index contributed by atoms with van der Waals surface area (Å²) in [5.41, 5.74) is 1.58. The van der Waals surface area contributed by atoms with E-state index in [2.05, 4.69) is 15.4 Å². The van der Waals surface area contributed by atoms with Crippen LogP contribution in [0.2, 0.25) is 0 Å². The maximum Gasteiger partial charge on any atom is 0.334 e. The number of methoxy groups -OCH3 is 1. The van der Waals surface area contributed by atoms with E-state index in [0.717, 1.165) is 31.2 Å². The third kappa shape index (κ3) is 5.66. The molecule has 1 amide bonds. The molecule has 4 rings (SSSR count). The average Bonchev–Trinajstić information content (AvgIpc) is 2.87. The number of rotatable bonds is 8. The molecule has 172 valence electrons. The second kappa shape index (κ2) is 10.9. The van der Waals surface area contributed by atoms with Gasteiger partial charge in [0.15, 0.2) is 0 Å². The lowest BCUT2D eigenvalue weighted by Gasteiger charge is -2.26. The standard InChI is InChI=1S/C26H30N4O3/c1-33-26-28-23(20-13-7-3-8-14-20)25(32)30(29-26)22(18-17-19-11-5-2-6-12-19)24(31)27-21-15-9-4-10-16-21/h2-3,5-8,11-14,21-22H,4,9-10,15-18H2,1H3,(H,27,31). The van der Waals surface area contributed by atoms with Gasteiger partial charge in [-0.15, -0.1) is 5.10 Å². The van der Waals surface area contributed by atoms with Gasteiger partial charge in [-0.2, -0.15) is 4.98 Å². The van der Waals surface area contributed by atoms with Crippen LogP contribution in [0, 0.1) is 0 Å². The van der Waals surface area contributed by atoms with E-state index < -0.39 is 11.6 Å². The summed E-state index contributed by atoms with van der Waals surface area (Å²) >= 11 is 0. The van der Waals surface area contributed by atoms with Crippen molar-refractivity contribution in [1.29, 1.82) is 0 Å². The number of nitrogens with one attached hydrogen (secondary N) is 1. The molecule has 1 aliphatic carbocycles. The molecule has 1 N–H and O–H groups in total. The zero-order valence-electron chi connectivity index (χ0n) is 18.9. The SMILES string of the molecule is COc1nc(-c2ccccc2)c(=O)n(C(CCc2ccccc2)C(=O)NC2CCCCC2)n1. The monoisotopic (exact) mass is 446 g/mol. The first-order valence-electron chi connectivity index (χ1n) is 11.6. The molecule has 0 spiro atoms. The van der Waals surface area contributed by atoms with Gasteiger partial charge in [-0.25, -0.2) is 4.68 Å². The molecular formula is C26H30N4O3. The van der Waals surface area contributed by atoms with E-state index in [4.69, 9.17) is 4.74 Å². The Morgan fingerprint density at radius 2 is 1.73 bits per heavy atom. The fraction of sp³-hybridized carbons (Fsp3) is 0.385. The van der Waals surface area contributed by atoms with E-state index in [0.29, 0.717) is 18.4 Å². The van der Waals surface area contributed by atoms with Gasteiger partial charge in [0, 0.05) is 11.6 Å². The molecule has 1 atom stereocenters. The first-order chi connectivity index (χ1) is 16.2. The van der Waals surface area contributed by atoms with Crippen LogP contribution in [0.3, 0.4) is 0 Å². The number of benzene rings is 2. The first kappa shape index (κ1) is 22.7. The third-order valence-corrected chi connectivity index (χ3v) is 6.14. The Labute approximate surface area is 193 Å². The topological polar surface area (TPSA) is 86.1 Å². The van der Waals surface area contributed by atoms with Gasteiger partial charge in [0.1, 0.15) is 11.7 Å². The smallest absolute Gasteiger partial charge is 0.334 e. The number of nitrogens with zero attached hydrogens (tertiary/aromatic N) is 3. The summed E-state index contributed by atoms with van der Waals surface area (Å²) in [5.74, 6) is -0.181. The summed E-state index contributed by atoms with van der Waals surface area (Å²) in [4.78, 5) is 31.2. The molecule has 1 unspecified atom stereocenters. The van der Waals surface area contributed by atoms with Crippen LogP contribution in [0.5, 0.6) is 6.01 Å². The van der Waals surface area contributed by atoms with Crippen molar-refractivity contribution in [2.45, 2.75) is 57.0 Å². The van der Waals surface area contributed by atoms with Crippen molar-refractivity contribution in [2.75, 3.05) is 7.11 Å². The number of carbonyl (C=O) groups excluding carboxylic acids is 1. The third-order valence-electron chi connectivity index (χ3n) is 6.14. The number of carbonyl (C=O) groups is 1. The van der Waals surface area contributed by atoms with Crippen molar-refractivity contribution in [3.63, 3.8) is 0 Å². The highest BCUT2D eigenvalue weighted by molar-refractivity contribution is 5.80. The molecule has 7 nitrogen and oxygen atoms in total. The van der Waals surface area contributed by atoms with Gasteiger partial charge in [-0.1, -0.05) is 79.9 Å². The maximum atomic E-state index is 13.5. The van der Waals surface area contributed by atoms with Crippen LogP contribution in [-0.4, -0.2) is 33.8 Å². The Balaban J connectivity index is 1.70. The number of aromatic nitrogens is 3. The quantitative estimate of drug-likeness (QED) is 0.567. The molecule has 0 saturated heterocycles. The Kier molecular flexibility index (Phi) is 7.50. The van der Waals surface area contributed by atoms with Crippen molar-refractivity contribution in [1.82, 2.24) is 20.1 Å². The van der Waals surface area contributed by atoms with E-state index in [1.807, 2.05) is 60.7 Å². The zero-order chi connectivity index (χ0) is 23.0. The lowest BCUT2D eigenvalue weighted by Crippen LogP contribution is -2.44. The fourth-order valence-corrected chi connectivity index (χ4v) is 4.35. The zero-order valence-corrected chi connectivity index (χ0v) is 18.9. The molecule has 2 aromatic carbocycles. The molecule has 1 aromatic heterocycles. The highest BCUT2D eigenvalue weighted by Crippen LogP contribution is 2.21. The molecule has 1 aliphatic rings. The number of ether oxygens (including phenoxy) is 1. The predicted molar refractivity (Wildman–Crippen MR) is 127 cm³/mol. The predicted octanol–water partition coefficient (Wildman–Crippen LogP) is 3.94. The first-order valence-corrected chi connectivity index (χ1v) is 11.6. The van der Waals surface area contributed by atoms with Gasteiger partial charge in [0.25, 0.3) is 5.56 Å². The number of hydrogen-bond acceptors (Lipinski definition) is 5. The van der Waals surface area contributed by atoms with Crippen molar-refractivity contribution in [2.24, 2.45) is 0 Å². The molecular weight excluding hydrogens is 416 g/mol. The Morgan fingerprint density at radius 3 is 2.39 bits per heavy atom. The van der Waals surface area contributed by atoms with Gasteiger partial charge < -0.3 is 10.1 Å². The minimum atomic E-state index is -0.765. The molecule has 1 fully saturated rings. The van der Waals surface area contributed by atoms with Crippen LogP contribution in [0.15, 0.2) is 65.5 Å². The minimum Gasteiger partial charge on any atom is -0.466 e. The molecule has 33 heavy (non-hydrogen) atoms. The van der Waals surface area contributed by atoms with Gasteiger partial charge in [0.2, 0.25) is 5.91 Å². The number of hydrogen-bond donors (Lipinski definition) is 1. The Bertz CT molecular complexity index is 1110. The maximum absolute atomic E-state index is 13.5. The fourth-order valence-electron chi connectivity index (χ4n) is 4.35. The molecule has 3 aromatic rings. The van der Waals surface area contributed by atoms with Crippen LogP contribution < -0.4 is 15.6 Å². The average molecular weight is 447 g/mol. The number of amides is 1. The summed E-state index contributed by atoms with van der Waals surface area (Å²) in [6.45, 7) is 0. The van der Waals surface area contributed by atoms with Crippen LogP contribution >= 0.6 is 0 Å². The highest BCUT2D eigenvalue weighted by atomic mass is 16.5. The van der Waals surface area contributed by atoms with Crippen LogP contribution in [-0.2, 0) is 11.2 Å². The van der Waals surface area contributed by atoms with E-state index in [1.165, 1.54) is 18.2 Å². The summed E-state index contributed by atoms with van der Waals surface area (Å²) in [6, 6.07) is 18.6. The van der Waals surface area contributed by atoms with E-state index >= 15 is 0 Å². The molecule has 1 saturated carbocycles. The molecule has 7 heteroatoms. The van der Waals surface area contributed by atoms with Crippen molar-refractivity contribution >= 4 is 5.91 Å². The molecule has 0 radical (unpaired) electrons. The summed E-state index contributed by atoms with van der Waals surface area (Å²) < 4.78 is 6.56. The largest absolute Gasteiger partial charge is 0.466 e. The van der Waals surface area contributed by atoms with Gasteiger partial charge in [0.05, 0.1) is 7.11 Å². The van der Waals surface area contributed by atoms with Crippen molar-refractivity contribution in [3.05, 3.63) is 76.6 Å². The molecule has 0 bridgehead atoms. The Morgan fingerprint density at radius 1 is 1.06 bits per heavy atom. The van der Waals surface area contributed by atoms with Gasteiger partial charge in [-0.05, 0) is 31.2 Å². The van der Waals surface area contributed by atoms with E-state index in [9.17, 15) is 9.59 Å². The van der Waals surface area contributed by atoms with E-state index in [-0.39, 0.29) is 23.7 Å². The second-order valence-corrected chi connectivity index (χ2v) is 8.45. The Hall–Kier alpha value is -3.48. The lowest BCUT2D eigenvalue weighted by atomic mass is 9.95. The summed E-state index contributed by atoms with van der Waals surface area (Å²) in [7, 11) is 1.46. The van der Waals surface area contributed by atoms with Crippen LogP contribution in [0.25, 0.3) is 11.3 Å². The van der Waals surface area contributed by atoms with E-state index in [1.54, 1.807) is 0 Å². The van der Waals surface area contributed by atoms with Crippen LogP contribution in [0.1, 0.15) is 50.1 Å². The van der Waals surface area contributed by atoms with Crippen LogP contribution in [0.4, 0.5) is 0 Å². The minimum absolute atomic E-state index is 0.0589. The van der Waals surface area contributed by atoms with Crippen molar-refractivity contribution < 1.29 is 9.53 Å². The molecule has 1 heterocycles. The van der Waals surface area contributed by atoms with Gasteiger partial charge in [-0.3, -0.25) is 9.59 Å². The second-order valence-electron chi connectivity index (χ2n) is 8.45. The lowest BCUT2D eigenvalue weighted by molar-refractivity contribution is -0.125. The highest BCUT2D eigenvalue weighted by Gasteiger charge is 2.28.